The molecular formula is C26H24F8O2. The molecule has 0 heterocycles. The van der Waals surface area contributed by atoms with Crippen molar-refractivity contribution in [3.05, 3.63) is 83.2 Å². The van der Waals surface area contributed by atoms with Gasteiger partial charge in [0.15, 0.2) is 23.6 Å². The van der Waals surface area contributed by atoms with Crippen LogP contribution in [0.4, 0.5) is 35.1 Å². The number of aryl methyl sites for hydroxylation is 1. The van der Waals surface area contributed by atoms with Crippen LogP contribution in [0.3, 0.4) is 0 Å². The molecule has 1 aliphatic carbocycles. The van der Waals surface area contributed by atoms with Crippen molar-refractivity contribution >= 4 is 0 Å². The maximum absolute atomic E-state index is 14.6. The van der Waals surface area contributed by atoms with Gasteiger partial charge in [-0.3, -0.25) is 0 Å². The predicted octanol–water partition coefficient (Wildman–Crippen LogP) is 8.80. The monoisotopic (exact) mass is 520 g/mol. The summed E-state index contributed by atoms with van der Waals surface area (Å²) < 4.78 is 119. The first kappa shape index (κ1) is 27.5. The maximum Gasteiger partial charge on any atom is 0.432 e. The Morgan fingerprint density at radius 1 is 0.917 bits per heavy atom. The van der Waals surface area contributed by atoms with E-state index >= 15 is 0 Å². The van der Waals surface area contributed by atoms with Gasteiger partial charge in [0.25, 0.3) is 0 Å². The van der Waals surface area contributed by atoms with Crippen LogP contribution < -0.4 is 9.47 Å². The van der Waals surface area contributed by atoms with Crippen LogP contribution in [0.1, 0.15) is 50.2 Å². The van der Waals surface area contributed by atoms with Gasteiger partial charge in [-0.15, -0.1) is 0 Å². The molecule has 3 rings (SSSR count). The summed E-state index contributed by atoms with van der Waals surface area (Å²) in [5, 5.41) is 0. The molecule has 36 heavy (non-hydrogen) atoms. The molecule has 0 aromatic heterocycles. The third kappa shape index (κ3) is 7.01. The second kappa shape index (κ2) is 11.8. The number of rotatable bonds is 9. The van der Waals surface area contributed by atoms with Crippen LogP contribution in [0.25, 0.3) is 0 Å². The Morgan fingerprint density at radius 2 is 1.50 bits per heavy atom. The lowest BCUT2D eigenvalue weighted by Crippen LogP contribution is -2.25. The normalized spacial score (nSPS) is 18.4. The Bertz CT molecular complexity index is 1070. The van der Waals surface area contributed by atoms with Crippen molar-refractivity contribution in [3.8, 4) is 11.5 Å². The molecule has 0 spiro atoms. The zero-order valence-electron chi connectivity index (χ0n) is 19.3. The molecule has 1 saturated carbocycles. The van der Waals surface area contributed by atoms with Crippen molar-refractivity contribution in [2.24, 2.45) is 11.8 Å². The summed E-state index contributed by atoms with van der Waals surface area (Å²) in [7, 11) is 0. The Kier molecular flexibility index (Phi) is 9.03. The summed E-state index contributed by atoms with van der Waals surface area (Å²) in [6, 6.07) is 2.01. The summed E-state index contributed by atoms with van der Waals surface area (Å²) >= 11 is 0. The SMILES string of the molecule is CC=CC1CCC(CCc2cc(F)c(C(F)(F)Oc3cc(F)c(OC=C(F)F)c(F)c3)c(F)c2)CC1. The average Bonchev–Trinajstić information content (AvgIpc) is 2.77. The van der Waals surface area contributed by atoms with E-state index in [0.717, 1.165) is 37.8 Å². The van der Waals surface area contributed by atoms with Crippen molar-refractivity contribution in [2.75, 3.05) is 0 Å². The highest BCUT2D eigenvalue weighted by Crippen LogP contribution is 2.38. The van der Waals surface area contributed by atoms with Crippen molar-refractivity contribution in [1.29, 1.82) is 0 Å². The molecule has 2 nitrogen and oxygen atoms in total. The first-order chi connectivity index (χ1) is 17.0. The van der Waals surface area contributed by atoms with Gasteiger partial charge in [-0.1, -0.05) is 12.2 Å². The van der Waals surface area contributed by atoms with Crippen molar-refractivity contribution < 1.29 is 44.6 Å². The van der Waals surface area contributed by atoms with Gasteiger partial charge >= 0.3 is 12.2 Å². The minimum atomic E-state index is -4.63. The predicted molar refractivity (Wildman–Crippen MR) is 117 cm³/mol. The number of benzene rings is 2. The van der Waals surface area contributed by atoms with Gasteiger partial charge in [-0.2, -0.15) is 17.6 Å². The van der Waals surface area contributed by atoms with E-state index in [0.29, 0.717) is 24.7 Å². The zero-order chi connectivity index (χ0) is 26.5. The van der Waals surface area contributed by atoms with E-state index in [1.165, 1.54) is 0 Å². The number of allylic oxidation sites excluding steroid dienone is 2. The average molecular weight is 520 g/mol. The van der Waals surface area contributed by atoms with E-state index < -0.39 is 52.5 Å². The number of halogens is 8. The highest BCUT2D eigenvalue weighted by atomic mass is 19.3. The molecule has 196 valence electrons. The Hall–Kier alpha value is -3.04. The Balaban J connectivity index is 1.70. The Labute approximate surface area is 203 Å². The van der Waals surface area contributed by atoms with Gasteiger partial charge in [0.05, 0.1) is 0 Å². The minimum absolute atomic E-state index is 0.201. The highest BCUT2D eigenvalue weighted by molar-refractivity contribution is 5.36. The summed E-state index contributed by atoms with van der Waals surface area (Å²) in [6.07, 6.45) is 1.85. The molecule has 0 saturated heterocycles. The van der Waals surface area contributed by atoms with E-state index in [2.05, 4.69) is 15.5 Å². The zero-order valence-corrected chi connectivity index (χ0v) is 19.3. The van der Waals surface area contributed by atoms with Crippen LogP contribution in [-0.2, 0) is 12.5 Å². The van der Waals surface area contributed by atoms with Gasteiger partial charge < -0.3 is 9.47 Å². The molecule has 0 unspecified atom stereocenters. The first-order valence-electron chi connectivity index (χ1n) is 11.3. The molecule has 0 atom stereocenters. The van der Waals surface area contributed by atoms with Gasteiger partial charge in [0.1, 0.15) is 22.9 Å². The quantitative estimate of drug-likeness (QED) is 0.187. The highest BCUT2D eigenvalue weighted by Gasteiger charge is 2.41. The third-order valence-electron chi connectivity index (χ3n) is 6.07. The van der Waals surface area contributed by atoms with Crippen LogP contribution in [0.5, 0.6) is 11.5 Å². The molecule has 0 N–H and O–H groups in total. The van der Waals surface area contributed by atoms with Crippen LogP contribution in [0.2, 0.25) is 0 Å². The molecule has 1 aliphatic rings. The van der Waals surface area contributed by atoms with Crippen molar-refractivity contribution in [3.63, 3.8) is 0 Å². The molecule has 0 bridgehead atoms. The van der Waals surface area contributed by atoms with E-state index in [4.69, 9.17) is 0 Å². The maximum atomic E-state index is 14.6. The molecule has 0 aliphatic heterocycles. The van der Waals surface area contributed by atoms with Gasteiger partial charge in [-0.25, -0.2) is 17.6 Å². The van der Waals surface area contributed by atoms with E-state index in [9.17, 15) is 35.1 Å². The van der Waals surface area contributed by atoms with Gasteiger partial charge in [0.2, 0.25) is 0 Å². The summed E-state index contributed by atoms with van der Waals surface area (Å²) in [4.78, 5) is 0. The molecule has 2 aromatic carbocycles. The van der Waals surface area contributed by atoms with Gasteiger partial charge in [-0.05, 0) is 75.0 Å². The van der Waals surface area contributed by atoms with Crippen LogP contribution >= 0.6 is 0 Å². The summed E-state index contributed by atoms with van der Waals surface area (Å²) in [5.74, 6) is -7.96. The standard InChI is InChI=1S/C26H24F8O2/c1-2-3-15-4-6-16(7-5-15)8-9-17-10-19(27)24(20(28)11-17)26(33,34)36-18-12-21(29)25(22(30)13-18)35-14-23(31)32/h2-3,10-16H,4-9H2,1H3. The largest absolute Gasteiger partial charge is 0.453 e. The van der Waals surface area contributed by atoms with Crippen molar-refractivity contribution in [2.45, 2.75) is 51.6 Å². The van der Waals surface area contributed by atoms with Crippen molar-refractivity contribution in [1.82, 2.24) is 0 Å². The van der Waals surface area contributed by atoms with Crippen LogP contribution in [0, 0.1) is 35.1 Å². The number of hydrogen-bond acceptors (Lipinski definition) is 2. The third-order valence-corrected chi connectivity index (χ3v) is 6.07. The Morgan fingerprint density at radius 3 is 2.03 bits per heavy atom. The van der Waals surface area contributed by atoms with Crippen LogP contribution in [-0.4, -0.2) is 0 Å². The number of hydrogen-bond donors (Lipinski definition) is 0. The second-order valence-electron chi connectivity index (χ2n) is 8.64. The molecular weight excluding hydrogens is 496 g/mol. The molecule has 10 heteroatoms. The van der Waals surface area contributed by atoms with E-state index in [1.807, 2.05) is 13.0 Å². The lowest BCUT2D eigenvalue weighted by Gasteiger charge is -2.26. The first-order valence-corrected chi connectivity index (χ1v) is 11.3. The summed E-state index contributed by atoms with van der Waals surface area (Å²) in [5.41, 5.74) is -1.52. The molecule has 1 fully saturated rings. The van der Waals surface area contributed by atoms with E-state index in [1.54, 1.807) is 0 Å². The fraction of sp³-hybridized carbons (Fsp3) is 0.385. The fourth-order valence-corrected chi connectivity index (χ4v) is 4.37. The minimum Gasteiger partial charge on any atom is -0.453 e. The molecule has 0 radical (unpaired) electrons. The smallest absolute Gasteiger partial charge is 0.432 e. The lowest BCUT2D eigenvalue weighted by molar-refractivity contribution is -0.189. The number of ether oxygens (including phenoxy) is 2. The van der Waals surface area contributed by atoms with E-state index in [-0.39, 0.29) is 24.0 Å². The van der Waals surface area contributed by atoms with Gasteiger partial charge in [0, 0.05) is 12.1 Å². The fourth-order valence-electron chi connectivity index (χ4n) is 4.37. The molecule has 0 amide bonds. The summed E-state index contributed by atoms with van der Waals surface area (Å²) in [6.45, 7) is 1.97. The van der Waals surface area contributed by atoms with Crippen LogP contribution in [0.15, 0.2) is 48.8 Å². The lowest BCUT2D eigenvalue weighted by atomic mass is 9.79. The topological polar surface area (TPSA) is 18.5 Å². The molecule has 2 aromatic rings. The second-order valence-corrected chi connectivity index (χ2v) is 8.64. The number of alkyl halides is 2.